The van der Waals surface area contributed by atoms with Crippen LogP contribution in [0, 0.1) is 0 Å². The van der Waals surface area contributed by atoms with E-state index in [2.05, 4.69) is 41.8 Å². The van der Waals surface area contributed by atoms with Crippen molar-refractivity contribution in [1.82, 2.24) is 14.5 Å². The number of aryl methyl sites for hydroxylation is 1. The third kappa shape index (κ3) is 2.57. The maximum atomic E-state index is 6.45. The second-order valence-electron chi connectivity index (χ2n) is 5.57. The Morgan fingerprint density at radius 3 is 2.95 bits per heavy atom. The molecule has 0 saturated carbocycles. The van der Waals surface area contributed by atoms with Crippen LogP contribution in [0.15, 0.2) is 24.3 Å². The summed E-state index contributed by atoms with van der Waals surface area (Å²) in [5, 5.41) is 0. The third-order valence-corrected chi connectivity index (χ3v) is 5.28. The van der Waals surface area contributed by atoms with Gasteiger partial charge in [0.2, 0.25) is 0 Å². The summed E-state index contributed by atoms with van der Waals surface area (Å²) in [6.45, 7) is 1.13. The maximum absolute atomic E-state index is 6.45. The summed E-state index contributed by atoms with van der Waals surface area (Å²) >= 11 is 2.01. The van der Waals surface area contributed by atoms with Gasteiger partial charge in [-0.1, -0.05) is 12.1 Å². The highest BCUT2D eigenvalue weighted by molar-refractivity contribution is 7.99. The van der Waals surface area contributed by atoms with Crippen molar-refractivity contribution in [2.75, 3.05) is 25.1 Å². The summed E-state index contributed by atoms with van der Waals surface area (Å²) in [5.74, 6) is 3.43. The number of nitrogens with two attached hydrogens (primary N) is 1. The molecule has 1 aliphatic heterocycles. The molecule has 4 nitrogen and oxygen atoms in total. The lowest BCUT2D eigenvalue weighted by atomic mass is 10.1. The molecule has 108 valence electrons. The summed E-state index contributed by atoms with van der Waals surface area (Å²) in [6, 6.07) is 8.85. The highest BCUT2D eigenvalue weighted by atomic mass is 32.2. The Morgan fingerprint density at radius 2 is 2.20 bits per heavy atom. The third-order valence-electron chi connectivity index (χ3n) is 4.24. The van der Waals surface area contributed by atoms with Crippen LogP contribution in [-0.4, -0.2) is 51.6 Å². The van der Waals surface area contributed by atoms with E-state index in [9.17, 15) is 0 Å². The first kappa shape index (κ1) is 13.9. The molecule has 2 unspecified atom stereocenters. The molecule has 5 heteroatoms. The van der Waals surface area contributed by atoms with E-state index in [0.29, 0.717) is 6.04 Å². The predicted octanol–water partition coefficient (Wildman–Crippen LogP) is 1.49. The van der Waals surface area contributed by atoms with Gasteiger partial charge in [0.1, 0.15) is 5.82 Å². The summed E-state index contributed by atoms with van der Waals surface area (Å²) in [7, 11) is 4.26. The van der Waals surface area contributed by atoms with Crippen molar-refractivity contribution in [2.45, 2.75) is 18.5 Å². The number of likely N-dealkylation sites (N-methyl/N-ethyl adjacent to an activating group) is 1. The number of nitrogens with zero attached hydrogens (tertiary/aromatic N) is 3. The van der Waals surface area contributed by atoms with Crippen LogP contribution in [0.3, 0.4) is 0 Å². The van der Waals surface area contributed by atoms with E-state index < -0.39 is 0 Å². The van der Waals surface area contributed by atoms with Gasteiger partial charge in [-0.25, -0.2) is 4.98 Å². The first-order chi connectivity index (χ1) is 9.66. The van der Waals surface area contributed by atoms with E-state index in [-0.39, 0.29) is 6.04 Å². The average molecular weight is 290 g/mol. The number of thioether (sulfide) groups is 1. The van der Waals surface area contributed by atoms with Crippen LogP contribution in [0.4, 0.5) is 0 Å². The van der Waals surface area contributed by atoms with Gasteiger partial charge in [-0.2, -0.15) is 11.8 Å². The molecule has 2 atom stereocenters. The Balaban J connectivity index is 1.80. The van der Waals surface area contributed by atoms with Crippen molar-refractivity contribution in [3.05, 3.63) is 30.1 Å². The van der Waals surface area contributed by atoms with Crippen molar-refractivity contribution < 1.29 is 0 Å². The standard InChI is InChI=1S/C15H22N4S/c1-18-7-8-20-10-14(18)11(16)9-15-17-12-5-3-4-6-13(12)19(15)2/h3-6,11,14H,7-10,16H2,1-2H3. The van der Waals surface area contributed by atoms with Gasteiger partial charge in [0.05, 0.1) is 11.0 Å². The topological polar surface area (TPSA) is 47.1 Å². The van der Waals surface area contributed by atoms with Crippen molar-refractivity contribution in [3.63, 3.8) is 0 Å². The lowest BCUT2D eigenvalue weighted by molar-refractivity contribution is 0.234. The van der Waals surface area contributed by atoms with E-state index in [4.69, 9.17) is 10.7 Å². The largest absolute Gasteiger partial charge is 0.331 e. The molecule has 1 saturated heterocycles. The Bertz CT molecular complexity index is 595. The molecular formula is C15H22N4S. The van der Waals surface area contributed by atoms with E-state index in [1.54, 1.807) is 0 Å². The zero-order valence-corrected chi connectivity index (χ0v) is 12.9. The van der Waals surface area contributed by atoms with Crippen LogP contribution in [0.25, 0.3) is 11.0 Å². The predicted molar refractivity (Wildman–Crippen MR) is 86.1 cm³/mol. The number of aromatic nitrogens is 2. The minimum absolute atomic E-state index is 0.142. The van der Waals surface area contributed by atoms with Crippen molar-refractivity contribution in [1.29, 1.82) is 0 Å². The Morgan fingerprint density at radius 1 is 1.40 bits per heavy atom. The zero-order valence-electron chi connectivity index (χ0n) is 12.1. The van der Waals surface area contributed by atoms with Gasteiger partial charge in [0, 0.05) is 43.6 Å². The molecule has 1 aliphatic rings. The molecule has 0 aliphatic carbocycles. The summed E-state index contributed by atoms with van der Waals surface area (Å²) in [6.07, 6.45) is 0.834. The average Bonchev–Trinajstić information content (AvgIpc) is 2.76. The Labute approximate surface area is 124 Å². The minimum atomic E-state index is 0.142. The van der Waals surface area contributed by atoms with Crippen LogP contribution in [0.2, 0.25) is 0 Å². The summed E-state index contributed by atoms with van der Waals surface area (Å²) in [4.78, 5) is 7.12. The monoisotopic (exact) mass is 290 g/mol. The molecule has 2 N–H and O–H groups in total. The van der Waals surface area contributed by atoms with Crippen LogP contribution < -0.4 is 5.73 Å². The Kier molecular flexibility index (Phi) is 4.01. The van der Waals surface area contributed by atoms with Gasteiger partial charge in [-0.05, 0) is 19.2 Å². The van der Waals surface area contributed by atoms with Crippen LogP contribution in [-0.2, 0) is 13.5 Å². The Hall–Kier alpha value is -1.04. The SMILES string of the molecule is CN1CCSCC1C(N)Cc1nc2ccccc2n1C. The quantitative estimate of drug-likeness (QED) is 0.930. The van der Waals surface area contributed by atoms with E-state index in [1.165, 1.54) is 11.3 Å². The number of imidazole rings is 1. The maximum Gasteiger partial charge on any atom is 0.111 e. The molecule has 1 aromatic carbocycles. The lowest BCUT2D eigenvalue weighted by Gasteiger charge is -2.35. The number of rotatable bonds is 3. The second kappa shape index (κ2) is 5.76. The number of hydrogen-bond donors (Lipinski definition) is 1. The van der Waals surface area contributed by atoms with Crippen molar-refractivity contribution in [3.8, 4) is 0 Å². The number of benzene rings is 1. The fourth-order valence-electron chi connectivity index (χ4n) is 2.88. The molecule has 0 radical (unpaired) electrons. The van der Waals surface area contributed by atoms with Gasteiger partial charge in [-0.3, -0.25) is 0 Å². The van der Waals surface area contributed by atoms with Crippen LogP contribution in [0.1, 0.15) is 5.82 Å². The normalized spacial score (nSPS) is 22.2. The smallest absolute Gasteiger partial charge is 0.111 e. The highest BCUT2D eigenvalue weighted by Gasteiger charge is 2.26. The number of para-hydroxylation sites is 2. The molecule has 2 aromatic rings. The van der Waals surface area contributed by atoms with Gasteiger partial charge in [0.25, 0.3) is 0 Å². The van der Waals surface area contributed by atoms with Crippen molar-refractivity contribution >= 4 is 22.8 Å². The number of fused-ring (bicyclic) bond motifs is 1. The summed E-state index contributed by atoms with van der Waals surface area (Å²) < 4.78 is 2.17. The van der Waals surface area contributed by atoms with Crippen LogP contribution in [0.5, 0.6) is 0 Å². The molecule has 0 spiro atoms. The molecule has 20 heavy (non-hydrogen) atoms. The van der Waals surface area contributed by atoms with Gasteiger partial charge in [0.15, 0.2) is 0 Å². The lowest BCUT2D eigenvalue weighted by Crippen LogP contribution is -2.51. The fraction of sp³-hybridized carbons (Fsp3) is 0.533. The van der Waals surface area contributed by atoms with E-state index in [1.807, 2.05) is 17.8 Å². The van der Waals surface area contributed by atoms with Crippen LogP contribution >= 0.6 is 11.8 Å². The molecule has 0 amide bonds. The van der Waals surface area contributed by atoms with Gasteiger partial charge in [-0.15, -0.1) is 0 Å². The second-order valence-corrected chi connectivity index (χ2v) is 6.72. The molecule has 1 fully saturated rings. The molecule has 3 rings (SSSR count). The molecular weight excluding hydrogens is 268 g/mol. The molecule has 0 bridgehead atoms. The van der Waals surface area contributed by atoms with E-state index in [0.717, 1.165) is 30.1 Å². The van der Waals surface area contributed by atoms with Crippen molar-refractivity contribution in [2.24, 2.45) is 12.8 Å². The molecule has 2 heterocycles. The minimum Gasteiger partial charge on any atom is -0.331 e. The van der Waals surface area contributed by atoms with Gasteiger partial charge < -0.3 is 15.2 Å². The zero-order chi connectivity index (χ0) is 14.1. The first-order valence-corrected chi connectivity index (χ1v) is 8.26. The fourth-order valence-corrected chi connectivity index (χ4v) is 4.21. The number of hydrogen-bond acceptors (Lipinski definition) is 4. The van der Waals surface area contributed by atoms with Gasteiger partial charge >= 0.3 is 0 Å². The summed E-state index contributed by atoms with van der Waals surface area (Å²) in [5.41, 5.74) is 8.69. The van der Waals surface area contributed by atoms with E-state index >= 15 is 0 Å². The molecule has 1 aromatic heterocycles. The highest BCUT2D eigenvalue weighted by Crippen LogP contribution is 2.20. The first-order valence-electron chi connectivity index (χ1n) is 7.10.